The van der Waals surface area contributed by atoms with Crippen molar-refractivity contribution in [2.45, 2.75) is 38.6 Å². The van der Waals surface area contributed by atoms with Gasteiger partial charge in [0.05, 0.1) is 0 Å². The third kappa shape index (κ3) is 1.36. The van der Waals surface area contributed by atoms with Gasteiger partial charge >= 0.3 is 0 Å². The third-order valence-corrected chi connectivity index (χ3v) is 2.41. The van der Waals surface area contributed by atoms with Crippen molar-refractivity contribution >= 4 is 11.7 Å². The molecule has 0 aromatic rings. The van der Waals surface area contributed by atoms with Gasteiger partial charge in [-0.15, -0.1) is 0 Å². The highest BCUT2D eigenvalue weighted by Gasteiger charge is 2.35. The molecule has 0 spiro atoms. The monoisotopic (exact) mass is 166 g/mol. The lowest BCUT2D eigenvalue weighted by Crippen LogP contribution is -2.34. The Kier molecular flexibility index (Phi) is 1.50. The van der Waals surface area contributed by atoms with Crippen LogP contribution in [-0.2, 0) is 4.79 Å². The molecule has 0 atom stereocenters. The Morgan fingerprint density at radius 2 is 2.25 bits per heavy atom. The van der Waals surface area contributed by atoms with Gasteiger partial charge in [0.1, 0.15) is 11.4 Å². The first-order chi connectivity index (χ1) is 5.58. The highest BCUT2D eigenvalue weighted by atomic mass is 16.2. The third-order valence-electron chi connectivity index (χ3n) is 2.41. The van der Waals surface area contributed by atoms with Crippen LogP contribution in [0.5, 0.6) is 0 Å². The number of rotatable bonds is 2. The molecule has 3 nitrogen and oxygen atoms in total. The zero-order valence-electron chi connectivity index (χ0n) is 7.55. The van der Waals surface area contributed by atoms with Crippen LogP contribution < -0.4 is 5.32 Å². The summed E-state index contributed by atoms with van der Waals surface area (Å²) in [6, 6.07) is 0. The summed E-state index contributed by atoms with van der Waals surface area (Å²) in [5.41, 5.74) is -0.524. The topological polar surface area (TPSA) is 41.5 Å². The van der Waals surface area contributed by atoms with Gasteiger partial charge in [0.15, 0.2) is 0 Å². The second kappa shape index (κ2) is 2.31. The lowest BCUT2D eigenvalue weighted by molar-refractivity contribution is -0.122. The highest BCUT2D eigenvalue weighted by Crippen LogP contribution is 2.33. The first-order valence-electron chi connectivity index (χ1n) is 4.48. The van der Waals surface area contributed by atoms with Gasteiger partial charge in [0, 0.05) is 6.42 Å². The summed E-state index contributed by atoms with van der Waals surface area (Å²) in [5.74, 6) is 1.73. The SMILES string of the molecule is CC1(C)N=C(CC2CC2)NC1=O. The van der Waals surface area contributed by atoms with E-state index in [1.165, 1.54) is 12.8 Å². The quantitative estimate of drug-likeness (QED) is 0.655. The first-order valence-corrected chi connectivity index (χ1v) is 4.48. The molecular formula is C9H14N2O. The van der Waals surface area contributed by atoms with Gasteiger partial charge in [-0.25, -0.2) is 0 Å². The van der Waals surface area contributed by atoms with E-state index >= 15 is 0 Å². The number of carbonyl (C=O) groups is 1. The van der Waals surface area contributed by atoms with E-state index in [1.807, 2.05) is 13.8 Å². The zero-order chi connectivity index (χ0) is 8.77. The van der Waals surface area contributed by atoms with Crippen LogP contribution in [-0.4, -0.2) is 17.3 Å². The van der Waals surface area contributed by atoms with Gasteiger partial charge < -0.3 is 5.32 Å². The summed E-state index contributed by atoms with van der Waals surface area (Å²) in [6.07, 6.45) is 3.57. The number of hydrogen-bond donors (Lipinski definition) is 1. The van der Waals surface area contributed by atoms with E-state index in [0.29, 0.717) is 0 Å². The molecule has 1 N–H and O–H groups in total. The first kappa shape index (κ1) is 7.77. The minimum atomic E-state index is -0.524. The normalized spacial score (nSPS) is 26.8. The van der Waals surface area contributed by atoms with Crippen molar-refractivity contribution in [3.05, 3.63) is 0 Å². The maximum absolute atomic E-state index is 11.3. The van der Waals surface area contributed by atoms with E-state index in [-0.39, 0.29) is 5.91 Å². The minimum Gasteiger partial charge on any atom is -0.312 e. The number of amides is 1. The largest absolute Gasteiger partial charge is 0.312 e. The maximum atomic E-state index is 11.3. The van der Waals surface area contributed by atoms with E-state index in [9.17, 15) is 4.79 Å². The van der Waals surface area contributed by atoms with Crippen molar-refractivity contribution in [1.82, 2.24) is 5.32 Å². The van der Waals surface area contributed by atoms with Crippen LogP contribution >= 0.6 is 0 Å². The molecule has 1 aliphatic carbocycles. The number of aliphatic imine (C=N–C) groups is 1. The molecule has 3 heteroatoms. The molecule has 1 amide bonds. The Bertz CT molecular complexity index is 251. The highest BCUT2D eigenvalue weighted by molar-refractivity contribution is 6.07. The van der Waals surface area contributed by atoms with Gasteiger partial charge in [-0.1, -0.05) is 0 Å². The van der Waals surface area contributed by atoms with Crippen LogP contribution in [0.3, 0.4) is 0 Å². The predicted octanol–water partition coefficient (Wildman–Crippen LogP) is 1.09. The Labute approximate surface area is 72.3 Å². The van der Waals surface area contributed by atoms with Crippen molar-refractivity contribution in [1.29, 1.82) is 0 Å². The maximum Gasteiger partial charge on any atom is 0.252 e. The molecule has 0 unspecified atom stereocenters. The van der Waals surface area contributed by atoms with E-state index in [0.717, 1.165) is 18.2 Å². The smallest absolute Gasteiger partial charge is 0.252 e. The van der Waals surface area contributed by atoms with Gasteiger partial charge in [0.2, 0.25) is 0 Å². The molecule has 0 saturated heterocycles. The number of nitrogens with one attached hydrogen (secondary N) is 1. The average molecular weight is 166 g/mol. The molecule has 1 heterocycles. The van der Waals surface area contributed by atoms with Crippen molar-refractivity contribution in [2.75, 3.05) is 0 Å². The molecule has 12 heavy (non-hydrogen) atoms. The number of carbonyl (C=O) groups excluding carboxylic acids is 1. The molecule has 1 fully saturated rings. The summed E-state index contributed by atoms with van der Waals surface area (Å²) in [5, 5.41) is 2.83. The zero-order valence-corrected chi connectivity index (χ0v) is 7.55. The van der Waals surface area contributed by atoms with Crippen LogP contribution in [0.15, 0.2) is 4.99 Å². The molecule has 1 aliphatic heterocycles. The summed E-state index contributed by atoms with van der Waals surface area (Å²) in [4.78, 5) is 15.6. The summed E-state index contributed by atoms with van der Waals surface area (Å²) >= 11 is 0. The van der Waals surface area contributed by atoms with Crippen molar-refractivity contribution in [2.24, 2.45) is 10.9 Å². The predicted molar refractivity (Wildman–Crippen MR) is 47.0 cm³/mol. The van der Waals surface area contributed by atoms with Gasteiger partial charge in [-0.3, -0.25) is 9.79 Å². The molecule has 0 aromatic carbocycles. The molecule has 0 aromatic heterocycles. The second-order valence-electron chi connectivity index (χ2n) is 4.22. The number of nitrogens with zero attached hydrogens (tertiary/aromatic N) is 1. The van der Waals surface area contributed by atoms with Crippen molar-refractivity contribution in [3.8, 4) is 0 Å². The number of amidine groups is 1. The lowest BCUT2D eigenvalue weighted by Gasteiger charge is -2.07. The average Bonchev–Trinajstić information content (AvgIpc) is 2.65. The lowest BCUT2D eigenvalue weighted by atomic mass is 10.1. The molecule has 0 radical (unpaired) electrons. The Balaban J connectivity index is 2.03. The van der Waals surface area contributed by atoms with Crippen LogP contribution in [0, 0.1) is 5.92 Å². The Morgan fingerprint density at radius 1 is 1.58 bits per heavy atom. The minimum absolute atomic E-state index is 0.0400. The molecule has 2 rings (SSSR count). The standard InChI is InChI=1S/C9H14N2O/c1-9(2)8(12)10-7(11-9)5-6-3-4-6/h6H,3-5H2,1-2H3,(H,10,11,12). The molecule has 1 saturated carbocycles. The van der Waals surface area contributed by atoms with Gasteiger partial charge in [-0.2, -0.15) is 0 Å². The van der Waals surface area contributed by atoms with E-state index in [1.54, 1.807) is 0 Å². The fourth-order valence-corrected chi connectivity index (χ4v) is 1.39. The van der Waals surface area contributed by atoms with Crippen molar-refractivity contribution < 1.29 is 4.79 Å². The van der Waals surface area contributed by atoms with E-state index < -0.39 is 5.54 Å². The van der Waals surface area contributed by atoms with Crippen LogP contribution in [0.1, 0.15) is 33.1 Å². The fraction of sp³-hybridized carbons (Fsp3) is 0.778. The van der Waals surface area contributed by atoms with Crippen LogP contribution in [0.4, 0.5) is 0 Å². The second-order valence-corrected chi connectivity index (χ2v) is 4.22. The fourth-order valence-electron chi connectivity index (χ4n) is 1.39. The molecule has 2 aliphatic rings. The Hall–Kier alpha value is -0.860. The summed E-state index contributed by atoms with van der Waals surface area (Å²) in [7, 11) is 0. The van der Waals surface area contributed by atoms with Crippen LogP contribution in [0.25, 0.3) is 0 Å². The summed E-state index contributed by atoms with van der Waals surface area (Å²) < 4.78 is 0. The van der Waals surface area contributed by atoms with E-state index in [4.69, 9.17) is 0 Å². The van der Waals surface area contributed by atoms with Gasteiger partial charge in [-0.05, 0) is 32.6 Å². The van der Waals surface area contributed by atoms with Crippen LogP contribution in [0.2, 0.25) is 0 Å². The molecule has 0 bridgehead atoms. The van der Waals surface area contributed by atoms with E-state index in [2.05, 4.69) is 10.3 Å². The molecular weight excluding hydrogens is 152 g/mol. The Morgan fingerprint density at radius 3 is 2.67 bits per heavy atom. The number of hydrogen-bond acceptors (Lipinski definition) is 2. The van der Waals surface area contributed by atoms with Crippen molar-refractivity contribution in [3.63, 3.8) is 0 Å². The molecule has 66 valence electrons. The summed E-state index contributed by atoms with van der Waals surface area (Å²) in [6.45, 7) is 3.70. The van der Waals surface area contributed by atoms with Gasteiger partial charge in [0.25, 0.3) is 5.91 Å².